The lowest BCUT2D eigenvalue weighted by molar-refractivity contribution is 0.693. The van der Waals surface area contributed by atoms with Gasteiger partial charge in [0, 0.05) is 6.92 Å². The second-order valence-corrected chi connectivity index (χ2v) is 1.50. The lowest BCUT2D eigenvalue weighted by Gasteiger charge is -1.50. The van der Waals surface area contributed by atoms with Crippen molar-refractivity contribution >= 4 is 10.4 Å². The quantitative estimate of drug-likeness (QED) is 0.432. The largest absolute Gasteiger partial charge is 0.230 e. The molecule has 0 saturated carbocycles. The number of rotatable bonds is 0. The Morgan fingerprint density at radius 2 is 2.20 bits per heavy atom. The summed E-state index contributed by atoms with van der Waals surface area (Å²) in [6.07, 6.45) is 0. The first-order valence-electron chi connectivity index (χ1n) is 1.11. The first-order valence-corrected chi connectivity index (χ1v) is 2.32. The van der Waals surface area contributed by atoms with Gasteiger partial charge >= 0.3 is 0 Å². The van der Waals surface area contributed by atoms with Crippen LogP contribution in [0.25, 0.3) is 0 Å². The zero-order valence-electron chi connectivity index (χ0n) is 2.89. The van der Waals surface area contributed by atoms with Crippen molar-refractivity contribution in [3.63, 3.8) is 0 Å². The van der Waals surface area contributed by atoms with E-state index >= 15 is 0 Å². The van der Waals surface area contributed by atoms with Crippen molar-refractivity contribution in [1.29, 1.82) is 0 Å². The van der Waals surface area contributed by atoms with Crippen LogP contribution in [0.15, 0.2) is 0 Å². The van der Waals surface area contributed by atoms with E-state index in [0.717, 1.165) is 0 Å². The van der Waals surface area contributed by atoms with Crippen LogP contribution in [-0.4, -0.2) is 4.21 Å². The maximum atomic E-state index is 9.59. The maximum absolute atomic E-state index is 9.59. The summed E-state index contributed by atoms with van der Waals surface area (Å²) in [4.78, 5) is 0. The molecular weight excluding hydrogens is 86.1 g/mol. The summed E-state index contributed by atoms with van der Waals surface area (Å²) >= 11 is 0. The first-order chi connectivity index (χ1) is 2.27. The van der Waals surface area contributed by atoms with Crippen LogP contribution in [0.4, 0.5) is 0 Å². The van der Waals surface area contributed by atoms with Gasteiger partial charge in [0.2, 0.25) is 0 Å². The van der Waals surface area contributed by atoms with Gasteiger partial charge in [-0.1, -0.05) is 0 Å². The third kappa shape index (κ3) is 3.76. The van der Waals surface area contributed by atoms with Crippen molar-refractivity contribution in [2.45, 2.75) is 6.92 Å². The molecule has 0 amide bonds. The predicted octanol–water partition coefficient (Wildman–Crippen LogP) is -0.412. The van der Waals surface area contributed by atoms with Crippen LogP contribution in [0.5, 0.6) is 0 Å². The molecule has 0 radical (unpaired) electrons. The molecule has 2 nitrogen and oxygen atoms in total. The molecule has 0 saturated heterocycles. The summed E-state index contributed by atoms with van der Waals surface area (Å²) in [7, 11) is -1.32. The van der Waals surface area contributed by atoms with Gasteiger partial charge in [-0.3, -0.25) is 0 Å². The van der Waals surface area contributed by atoms with Crippen LogP contribution in [-0.2, 0) is 10.4 Å². The Morgan fingerprint density at radius 1 is 2.00 bits per heavy atom. The molecule has 0 atom stereocenters. The lowest BCUT2D eigenvalue weighted by Crippen LogP contribution is -1.83. The molecular formula is C2H5NOS. The van der Waals surface area contributed by atoms with Crippen LogP contribution in [0, 0.1) is 5.18 Å². The Hall–Kier alpha value is -0.240. The standard InChI is InChI=1S/C2H5NOS/c1-2-5(3)4/h1H3,(H2,3,4). The van der Waals surface area contributed by atoms with E-state index in [0.29, 0.717) is 0 Å². The van der Waals surface area contributed by atoms with Crippen LogP contribution in [0.3, 0.4) is 0 Å². The Bertz CT molecular complexity index is 128. The fourth-order valence-electron chi connectivity index (χ4n) is 0. The van der Waals surface area contributed by atoms with E-state index in [1.807, 2.05) is 0 Å². The van der Waals surface area contributed by atoms with Gasteiger partial charge in [-0.2, -0.15) is 0 Å². The van der Waals surface area contributed by atoms with E-state index in [2.05, 4.69) is 10.3 Å². The fraction of sp³-hybridized carbons (Fsp3) is 0.500. The van der Waals surface area contributed by atoms with Gasteiger partial charge < -0.3 is 0 Å². The molecule has 0 heterocycles. The highest BCUT2D eigenvalue weighted by Crippen LogP contribution is 1.35. The Morgan fingerprint density at radius 3 is 2.20 bits per heavy atom. The molecule has 0 fully saturated rings. The molecule has 0 spiro atoms. The van der Waals surface area contributed by atoms with Gasteiger partial charge in [0.05, 0.1) is 10.4 Å². The molecule has 0 bridgehead atoms. The lowest BCUT2D eigenvalue weighted by atomic mass is 11.0. The van der Waals surface area contributed by atoms with Crippen molar-refractivity contribution in [3.05, 3.63) is 0 Å². The van der Waals surface area contributed by atoms with E-state index in [1.54, 1.807) is 0 Å². The van der Waals surface area contributed by atoms with Crippen LogP contribution >= 0.6 is 0 Å². The van der Waals surface area contributed by atoms with Crippen molar-refractivity contribution < 1.29 is 4.21 Å². The van der Waals surface area contributed by atoms with E-state index < -0.39 is 10.4 Å². The highest BCUT2D eigenvalue weighted by molar-refractivity contribution is 7.71. The Labute approximate surface area is 32.8 Å². The molecule has 5 heavy (non-hydrogen) atoms. The van der Waals surface area contributed by atoms with Crippen molar-refractivity contribution in [3.8, 4) is 5.18 Å². The summed E-state index contributed by atoms with van der Waals surface area (Å²) in [5.41, 5.74) is 0. The average Bonchev–Trinajstić information content (AvgIpc) is 1.38. The van der Waals surface area contributed by atoms with Gasteiger partial charge in [0.25, 0.3) is 0 Å². The second kappa shape index (κ2) is 2.03. The number of hydrogen-bond donors (Lipinski definition) is 1. The smallest absolute Gasteiger partial charge is 0.0922 e. The molecule has 3 heteroatoms. The SMILES string of the molecule is CC#S(N)=O. The number of nitrogens with two attached hydrogens (primary N) is 1. The van der Waals surface area contributed by atoms with E-state index in [9.17, 15) is 4.21 Å². The molecule has 30 valence electrons. The molecule has 0 rings (SSSR count). The van der Waals surface area contributed by atoms with Crippen molar-refractivity contribution in [1.82, 2.24) is 0 Å². The Kier molecular flexibility index (Phi) is 1.93. The van der Waals surface area contributed by atoms with Gasteiger partial charge in [-0.05, 0) is 5.18 Å². The minimum absolute atomic E-state index is 1.32. The molecule has 0 aromatic rings. The molecule has 2 N–H and O–H groups in total. The third-order valence-corrected chi connectivity index (χ3v) is 0.604. The molecule has 0 aliphatic heterocycles. The summed E-state index contributed by atoms with van der Waals surface area (Å²) < 4.78 is 9.59. The zero-order chi connectivity index (χ0) is 4.28. The van der Waals surface area contributed by atoms with Crippen molar-refractivity contribution in [2.75, 3.05) is 0 Å². The van der Waals surface area contributed by atoms with Crippen molar-refractivity contribution in [2.24, 2.45) is 5.14 Å². The van der Waals surface area contributed by atoms with E-state index in [1.165, 1.54) is 6.92 Å². The second-order valence-electron chi connectivity index (χ2n) is 0.502. The number of hydrogen-bond acceptors (Lipinski definition) is 1. The van der Waals surface area contributed by atoms with Gasteiger partial charge in [0.1, 0.15) is 0 Å². The van der Waals surface area contributed by atoms with Crippen LogP contribution in [0.2, 0.25) is 0 Å². The molecule has 0 aliphatic carbocycles. The monoisotopic (exact) mass is 91.0 g/mol. The van der Waals surface area contributed by atoms with Crippen LogP contribution < -0.4 is 5.14 Å². The highest BCUT2D eigenvalue weighted by atomic mass is 32.2. The predicted molar refractivity (Wildman–Crippen MR) is 21.9 cm³/mol. The zero-order valence-corrected chi connectivity index (χ0v) is 3.71. The average molecular weight is 91.1 g/mol. The van der Waals surface area contributed by atoms with E-state index in [-0.39, 0.29) is 0 Å². The molecule has 0 unspecified atom stereocenters. The summed E-state index contributed by atoms with van der Waals surface area (Å²) in [6.45, 7) is 1.52. The fourth-order valence-corrected chi connectivity index (χ4v) is 0. The highest BCUT2D eigenvalue weighted by Gasteiger charge is 1.43. The maximum Gasteiger partial charge on any atom is 0.0922 e. The summed E-state index contributed by atoms with van der Waals surface area (Å²) in [6, 6.07) is 0. The minimum atomic E-state index is -1.32. The summed E-state index contributed by atoms with van der Waals surface area (Å²) in [5, 5.41) is 6.93. The molecule has 0 aromatic carbocycles. The summed E-state index contributed by atoms with van der Waals surface area (Å²) in [5.74, 6) is 0. The van der Waals surface area contributed by atoms with Gasteiger partial charge in [-0.25, -0.2) is 9.35 Å². The molecule has 0 aromatic heterocycles. The third-order valence-electron chi connectivity index (χ3n) is 0.201. The van der Waals surface area contributed by atoms with Gasteiger partial charge in [-0.15, -0.1) is 0 Å². The van der Waals surface area contributed by atoms with Gasteiger partial charge in [0.15, 0.2) is 0 Å². The topological polar surface area (TPSA) is 43.1 Å². The first kappa shape index (κ1) is 4.76. The minimum Gasteiger partial charge on any atom is -0.230 e. The normalized spacial score (nSPS) is 6.00. The van der Waals surface area contributed by atoms with Crippen LogP contribution in [0.1, 0.15) is 6.92 Å². The Balaban J connectivity index is 3.99. The molecule has 0 aliphatic rings. The van der Waals surface area contributed by atoms with E-state index in [4.69, 9.17) is 0 Å².